The van der Waals surface area contributed by atoms with E-state index in [1.54, 1.807) is 19.2 Å². The number of piperidine rings is 1. The maximum Gasteiger partial charge on any atom is 0.407 e. The minimum Gasteiger partial charge on any atom is -0.465 e. The lowest BCUT2D eigenvalue weighted by molar-refractivity contribution is -0.137. The molecule has 0 aliphatic carbocycles. The van der Waals surface area contributed by atoms with E-state index in [1.807, 2.05) is 19.2 Å². The first-order chi connectivity index (χ1) is 11.5. The Bertz CT molecular complexity index is 592. The van der Waals surface area contributed by atoms with Crippen molar-refractivity contribution in [1.29, 1.82) is 0 Å². The van der Waals surface area contributed by atoms with Crippen molar-refractivity contribution < 1.29 is 19.4 Å². The van der Waals surface area contributed by atoms with Gasteiger partial charge in [0.25, 0.3) is 0 Å². The van der Waals surface area contributed by atoms with Gasteiger partial charge in [-0.3, -0.25) is 0 Å². The predicted octanol–water partition coefficient (Wildman–Crippen LogP) is 2.24. The molecular weight excluding hydrogens is 310 g/mol. The molecule has 1 N–H and O–H groups in total. The average Bonchev–Trinajstić information content (AvgIpc) is 2.60. The van der Waals surface area contributed by atoms with Crippen molar-refractivity contribution in [3.05, 3.63) is 30.0 Å². The van der Waals surface area contributed by atoms with Gasteiger partial charge in [0.2, 0.25) is 0 Å². The molecule has 0 spiro atoms. The van der Waals surface area contributed by atoms with Crippen molar-refractivity contribution in [2.75, 3.05) is 31.6 Å². The van der Waals surface area contributed by atoms with Gasteiger partial charge < -0.3 is 19.6 Å². The molecule has 0 radical (unpaired) electrons. The van der Waals surface area contributed by atoms with E-state index in [1.165, 1.54) is 11.0 Å². The SMILES string of the molecule is CCOC(=O)C=Cc1ccc(N(C)C2CCN(C(=O)O)CC2)nc1. The van der Waals surface area contributed by atoms with Crippen LogP contribution in [0.4, 0.5) is 10.6 Å². The van der Waals surface area contributed by atoms with Gasteiger partial charge in [-0.1, -0.05) is 0 Å². The predicted molar refractivity (Wildman–Crippen MR) is 90.9 cm³/mol. The second-order valence-electron chi connectivity index (χ2n) is 5.65. The number of ether oxygens (including phenoxy) is 1. The summed E-state index contributed by atoms with van der Waals surface area (Å²) in [5.41, 5.74) is 0.820. The molecule has 0 unspecified atom stereocenters. The van der Waals surface area contributed by atoms with Crippen LogP contribution in [0, 0.1) is 0 Å². The third kappa shape index (κ3) is 4.71. The van der Waals surface area contributed by atoms with Crippen LogP contribution < -0.4 is 4.90 Å². The Morgan fingerprint density at radius 2 is 2.12 bits per heavy atom. The Morgan fingerprint density at radius 3 is 2.67 bits per heavy atom. The summed E-state index contributed by atoms with van der Waals surface area (Å²) in [6.45, 7) is 3.21. The fraction of sp³-hybridized carbons (Fsp3) is 0.471. The maximum absolute atomic E-state index is 11.3. The molecule has 0 bridgehead atoms. The topological polar surface area (TPSA) is 83.0 Å². The molecule has 2 heterocycles. The Labute approximate surface area is 141 Å². The molecule has 7 nitrogen and oxygen atoms in total. The fourth-order valence-corrected chi connectivity index (χ4v) is 2.69. The number of aromatic nitrogens is 1. The number of likely N-dealkylation sites (tertiary alicyclic amines) is 1. The quantitative estimate of drug-likeness (QED) is 0.657. The van der Waals surface area contributed by atoms with Crippen molar-refractivity contribution >= 4 is 24.0 Å². The summed E-state index contributed by atoms with van der Waals surface area (Å²) in [6.07, 6.45) is 5.47. The summed E-state index contributed by atoms with van der Waals surface area (Å²) in [6, 6.07) is 4.06. The molecule has 1 aliphatic heterocycles. The molecule has 2 rings (SSSR count). The van der Waals surface area contributed by atoms with Crippen LogP contribution >= 0.6 is 0 Å². The van der Waals surface area contributed by atoms with E-state index in [9.17, 15) is 9.59 Å². The standard InChI is InChI=1S/C17H23N3O4/c1-3-24-16(21)7-5-13-4-6-15(18-12-13)19(2)14-8-10-20(11-9-14)17(22)23/h4-7,12,14H,3,8-11H2,1-2H3,(H,22,23). The number of amides is 1. The lowest BCUT2D eigenvalue weighted by Gasteiger charge is -2.36. The van der Waals surface area contributed by atoms with E-state index in [0.717, 1.165) is 24.2 Å². The summed E-state index contributed by atoms with van der Waals surface area (Å²) in [4.78, 5) is 30.2. The summed E-state index contributed by atoms with van der Waals surface area (Å²) in [5, 5.41) is 8.99. The Hall–Kier alpha value is -2.57. The lowest BCUT2D eigenvalue weighted by Crippen LogP contribution is -2.45. The zero-order valence-corrected chi connectivity index (χ0v) is 14.0. The van der Waals surface area contributed by atoms with Crippen LogP contribution in [-0.2, 0) is 9.53 Å². The molecule has 1 aliphatic rings. The van der Waals surface area contributed by atoms with E-state index in [0.29, 0.717) is 19.7 Å². The smallest absolute Gasteiger partial charge is 0.407 e. The van der Waals surface area contributed by atoms with Crippen LogP contribution in [0.15, 0.2) is 24.4 Å². The van der Waals surface area contributed by atoms with Gasteiger partial charge in [-0.2, -0.15) is 0 Å². The number of esters is 1. The van der Waals surface area contributed by atoms with Gasteiger partial charge >= 0.3 is 12.1 Å². The number of carbonyl (C=O) groups excluding carboxylic acids is 1. The highest BCUT2D eigenvalue weighted by Gasteiger charge is 2.25. The van der Waals surface area contributed by atoms with Crippen molar-refractivity contribution in [2.24, 2.45) is 0 Å². The van der Waals surface area contributed by atoms with Crippen LogP contribution in [-0.4, -0.2) is 59.8 Å². The van der Waals surface area contributed by atoms with Gasteiger partial charge in [0, 0.05) is 38.5 Å². The number of nitrogens with zero attached hydrogens (tertiary/aromatic N) is 3. The normalized spacial score (nSPS) is 15.5. The highest BCUT2D eigenvalue weighted by Crippen LogP contribution is 2.21. The minimum absolute atomic E-state index is 0.272. The Kier molecular flexibility index (Phi) is 6.17. The molecule has 1 amide bonds. The van der Waals surface area contributed by atoms with Crippen molar-refractivity contribution in [3.63, 3.8) is 0 Å². The van der Waals surface area contributed by atoms with Gasteiger partial charge in [0.05, 0.1) is 6.61 Å². The van der Waals surface area contributed by atoms with Gasteiger partial charge in [-0.05, 0) is 43.5 Å². The van der Waals surface area contributed by atoms with E-state index in [4.69, 9.17) is 9.84 Å². The molecule has 1 fully saturated rings. The van der Waals surface area contributed by atoms with E-state index < -0.39 is 6.09 Å². The van der Waals surface area contributed by atoms with Crippen LogP contribution in [0.5, 0.6) is 0 Å². The number of carbonyl (C=O) groups is 2. The second-order valence-corrected chi connectivity index (χ2v) is 5.65. The van der Waals surface area contributed by atoms with Crippen LogP contribution in [0.25, 0.3) is 6.08 Å². The van der Waals surface area contributed by atoms with Gasteiger partial charge in [0.1, 0.15) is 5.82 Å². The molecule has 0 atom stereocenters. The van der Waals surface area contributed by atoms with Crippen molar-refractivity contribution in [3.8, 4) is 0 Å². The van der Waals surface area contributed by atoms with Gasteiger partial charge in [-0.25, -0.2) is 14.6 Å². The first-order valence-electron chi connectivity index (χ1n) is 8.03. The van der Waals surface area contributed by atoms with Gasteiger partial charge in [0.15, 0.2) is 0 Å². The highest BCUT2D eigenvalue weighted by molar-refractivity contribution is 5.86. The molecule has 1 saturated heterocycles. The van der Waals surface area contributed by atoms with E-state index in [-0.39, 0.29) is 12.0 Å². The second kappa shape index (κ2) is 8.33. The number of anilines is 1. The van der Waals surface area contributed by atoms with Crippen molar-refractivity contribution in [2.45, 2.75) is 25.8 Å². The number of rotatable bonds is 5. The Balaban J connectivity index is 1.93. The summed E-state index contributed by atoms with van der Waals surface area (Å²) >= 11 is 0. The van der Waals surface area contributed by atoms with Crippen LogP contribution in [0.2, 0.25) is 0 Å². The van der Waals surface area contributed by atoms with E-state index >= 15 is 0 Å². The number of pyridine rings is 1. The molecule has 1 aromatic rings. The summed E-state index contributed by atoms with van der Waals surface area (Å²) < 4.78 is 4.83. The zero-order valence-electron chi connectivity index (χ0n) is 14.0. The molecule has 7 heteroatoms. The van der Waals surface area contributed by atoms with E-state index in [2.05, 4.69) is 9.88 Å². The first kappa shape index (κ1) is 17.8. The minimum atomic E-state index is -0.855. The summed E-state index contributed by atoms with van der Waals surface area (Å²) in [7, 11) is 1.97. The average molecular weight is 333 g/mol. The summed E-state index contributed by atoms with van der Waals surface area (Å²) in [5.74, 6) is 0.459. The maximum atomic E-state index is 11.3. The lowest BCUT2D eigenvalue weighted by atomic mass is 10.0. The molecule has 0 saturated carbocycles. The van der Waals surface area contributed by atoms with Gasteiger partial charge in [-0.15, -0.1) is 0 Å². The third-order valence-corrected chi connectivity index (χ3v) is 4.11. The van der Waals surface area contributed by atoms with Crippen LogP contribution in [0.3, 0.4) is 0 Å². The Morgan fingerprint density at radius 1 is 1.42 bits per heavy atom. The number of carboxylic acid groups (broad SMARTS) is 1. The number of hydrogen-bond acceptors (Lipinski definition) is 5. The largest absolute Gasteiger partial charge is 0.465 e. The molecule has 24 heavy (non-hydrogen) atoms. The highest BCUT2D eigenvalue weighted by atomic mass is 16.5. The molecule has 1 aromatic heterocycles. The molecule has 130 valence electrons. The van der Waals surface area contributed by atoms with Crippen molar-refractivity contribution in [1.82, 2.24) is 9.88 Å². The fourth-order valence-electron chi connectivity index (χ4n) is 2.69. The zero-order chi connectivity index (χ0) is 17.5. The molecule has 0 aromatic carbocycles. The molecular formula is C17H23N3O4. The number of hydrogen-bond donors (Lipinski definition) is 1. The van der Waals surface area contributed by atoms with Crippen LogP contribution in [0.1, 0.15) is 25.3 Å². The third-order valence-electron chi connectivity index (χ3n) is 4.11. The first-order valence-corrected chi connectivity index (χ1v) is 8.03. The monoisotopic (exact) mass is 333 g/mol.